The third kappa shape index (κ3) is 4.57. The van der Waals surface area contributed by atoms with Crippen molar-refractivity contribution in [3.63, 3.8) is 0 Å². The number of halogens is 3. The summed E-state index contributed by atoms with van der Waals surface area (Å²) in [5.74, 6) is -4.02. The van der Waals surface area contributed by atoms with Crippen LogP contribution in [-0.4, -0.2) is 18.0 Å². The standard InChI is InChI=1S/C16H12F3NO3/c1-9(15(21)20-14-4-2-11(17)3-5-14)23-16(22)10-6-12(18)8-13(19)7-10/h2-9H,1H3,(H,20,21)/t9-/m0/s1. The van der Waals surface area contributed by atoms with Crippen LogP contribution < -0.4 is 5.32 Å². The normalized spacial score (nSPS) is 11.7. The molecule has 2 aromatic carbocycles. The zero-order chi connectivity index (χ0) is 17.0. The molecule has 0 aromatic heterocycles. The Morgan fingerprint density at radius 1 is 0.957 bits per heavy atom. The summed E-state index contributed by atoms with van der Waals surface area (Å²) in [7, 11) is 0. The maximum absolute atomic E-state index is 13.0. The van der Waals surface area contributed by atoms with E-state index in [0.29, 0.717) is 11.8 Å². The molecule has 120 valence electrons. The molecule has 0 aliphatic heterocycles. The van der Waals surface area contributed by atoms with E-state index in [1.54, 1.807) is 0 Å². The molecule has 1 atom stereocenters. The van der Waals surface area contributed by atoms with Crippen LogP contribution in [0.15, 0.2) is 42.5 Å². The van der Waals surface area contributed by atoms with Crippen LogP contribution in [-0.2, 0) is 9.53 Å². The van der Waals surface area contributed by atoms with E-state index in [1.165, 1.54) is 19.1 Å². The van der Waals surface area contributed by atoms with Crippen molar-refractivity contribution in [2.75, 3.05) is 5.32 Å². The maximum atomic E-state index is 13.0. The van der Waals surface area contributed by atoms with Gasteiger partial charge >= 0.3 is 5.97 Å². The van der Waals surface area contributed by atoms with E-state index in [9.17, 15) is 22.8 Å². The second kappa shape index (κ2) is 6.95. The lowest BCUT2D eigenvalue weighted by Gasteiger charge is -2.13. The van der Waals surface area contributed by atoms with E-state index < -0.39 is 35.4 Å². The molecule has 0 unspecified atom stereocenters. The van der Waals surface area contributed by atoms with Gasteiger partial charge in [0.05, 0.1) is 5.56 Å². The van der Waals surface area contributed by atoms with Crippen molar-refractivity contribution in [2.24, 2.45) is 0 Å². The van der Waals surface area contributed by atoms with Crippen molar-refractivity contribution in [2.45, 2.75) is 13.0 Å². The summed E-state index contributed by atoms with van der Waals surface area (Å²) in [5.41, 5.74) is -0.0277. The van der Waals surface area contributed by atoms with E-state index in [1.807, 2.05) is 0 Å². The van der Waals surface area contributed by atoms with Gasteiger partial charge in [-0.2, -0.15) is 0 Å². The minimum Gasteiger partial charge on any atom is -0.449 e. The SMILES string of the molecule is C[C@H](OC(=O)c1cc(F)cc(F)c1)C(=O)Nc1ccc(F)cc1. The third-order valence-corrected chi connectivity index (χ3v) is 2.86. The van der Waals surface area contributed by atoms with E-state index in [-0.39, 0.29) is 5.56 Å². The molecular formula is C16H12F3NO3. The molecule has 0 radical (unpaired) electrons. The predicted octanol–water partition coefficient (Wildman–Crippen LogP) is 3.29. The van der Waals surface area contributed by atoms with Crippen LogP contribution in [0.3, 0.4) is 0 Å². The number of hydrogen-bond donors (Lipinski definition) is 1. The van der Waals surface area contributed by atoms with Crippen LogP contribution in [0.2, 0.25) is 0 Å². The van der Waals surface area contributed by atoms with Crippen LogP contribution in [0.25, 0.3) is 0 Å². The van der Waals surface area contributed by atoms with Gasteiger partial charge in [0.15, 0.2) is 6.10 Å². The van der Waals surface area contributed by atoms with Crippen molar-refractivity contribution in [3.05, 3.63) is 65.5 Å². The second-order valence-corrected chi connectivity index (χ2v) is 4.70. The molecular weight excluding hydrogens is 311 g/mol. The highest BCUT2D eigenvalue weighted by Gasteiger charge is 2.20. The summed E-state index contributed by atoms with van der Waals surface area (Å²) in [6, 6.07) is 7.20. The molecule has 0 heterocycles. The summed E-state index contributed by atoms with van der Waals surface area (Å²) in [5, 5.41) is 2.42. The Hall–Kier alpha value is -2.83. The minimum absolute atomic E-state index is 0.316. The minimum atomic E-state index is -1.21. The smallest absolute Gasteiger partial charge is 0.339 e. The summed E-state index contributed by atoms with van der Waals surface area (Å²) >= 11 is 0. The largest absolute Gasteiger partial charge is 0.449 e. The van der Waals surface area contributed by atoms with E-state index in [4.69, 9.17) is 4.74 Å². The van der Waals surface area contributed by atoms with Gasteiger partial charge in [-0.05, 0) is 43.3 Å². The van der Waals surface area contributed by atoms with Crippen LogP contribution >= 0.6 is 0 Å². The Labute approximate surface area is 129 Å². The first-order valence-electron chi connectivity index (χ1n) is 6.58. The Bertz CT molecular complexity index is 712. The molecule has 1 N–H and O–H groups in total. The number of amides is 1. The number of benzene rings is 2. The molecule has 2 rings (SSSR count). The molecule has 2 aromatic rings. The Morgan fingerprint density at radius 3 is 2.09 bits per heavy atom. The lowest BCUT2D eigenvalue weighted by Crippen LogP contribution is -2.30. The Balaban J connectivity index is 1.99. The molecule has 0 aliphatic carbocycles. The van der Waals surface area contributed by atoms with Gasteiger partial charge in [-0.3, -0.25) is 4.79 Å². The van der Waals surface area contributed by atoms with Gasteiger partial charge in [0.25, 0.3) is 5.91 Å². The first-order valence-corrected chi connectivity index (χ1v) is 6.58. The molecule has 4 nitrogen and oxygen atoms in total. The van der Waals surface area contributed by atoms with Crippen LogP contribution in [0.4, 0.5) is 18.9 Å². The number of anilines is 1. The van der Waals surface area contributed by atoms with Crippen LogP contribution in [0, 0.1) is 17.5 Å². The highest BCUT2D eigenvalue weighted by atomic mass is 19.1. The highest BCUT2D eigenvalue weighted by Crippen LogP contribution is 2.12. The molecule has 7 heteroatoms. The number of rotatable bonds is 4. The molecule has 23 heavy (non-hydrogen) atoms. The molecule has 0 bridgehead atoms. The van der Waals surface area contributed by atoms with Crippen molar-refractivity contribution < 1.29 is 27.5 Å². The third-order valence-electron chi connectivity index (χ3n) is 2.86. The van der Waals surface area contributed by atoms with Gasteiger partial charge in [0, 0.05) is 11.8 Å². The van der Waals surface area contributed by atoms with Crippen molar-refractivity contribution >= 4 is 17.6 Å². The van der Waals surface area contributed by atoms with Gasteiger partial charge in [-0.15, -0.1) is 0 Å². The average Bonchev–Trinajstić information content (AvgIpc) is 2.48. The van der Waals surface area contributed by atoms with E-state index in [2.05, 4.69) is 5.32 Å². The fourth-order valence-electron chi connectivity index (χ4n) is 1.73. The zero-order valence-corrected chi connectivity index (χ0v) is 12.0. The van der Waals surface area contributed by atoms with Crippen molar-refractivity contribution in [1.82, 2.24) is 0 Å². The summed E-state index contributed by atoms with van der Waals surface area (Å²) < 4.78 is 43.7. The van der Waals surface area contributed by atoms with Crippen LogP contribution in [0.5, 0.6) is 0 Å². The summed E-state index contributed by atoms with van der Waals surface area (Å²) in [4.78, 5) is 23.6. The molecule has 0 saturated heterocycles. The van der Waals surface area contributed by atoms with E-state index >= 15 is 0 Å². The monoisotopic (exact) mass is 323 g/mol. The van der Waals surface area contributed by atoms with Gasteiger partial charge in [-0.1, -0.05) is 0 Å². The fourth-order valence-corrected chi connectivity index (χ4v) is 1.73. The van der Waals surface area contributed by atoms with Crippen LogP contribution in [0.1, 0.15) is 17.3 Å². The quantitative estimate of drug-likeness (QED) is 0.879. The molecule has 0 fully saturated rings. The molecule has 0 aliphatic rings. The lowest BCUT2D eigenvalue weighted by molar-refractivity contribution is -0.123. The fraction of sp³-hybridized carbons (Fsp3) is 0.125. The number of carbonyl (C=O) groups is 2. The first kappa shape index (κ1) is 16.5. The predicted molar refractivity (Wildman–Crippen MR) is 76.3 cm³/mol. The highest BCUT2D eigenvalue weighted by molar-refractivity contribution is 5.97. The average molecular weight is 323 g/mol. The summed E-state index contributed by atoms with van der Waals surface area (Å²) in [6.45, 7) is 1.30. The molecule has 0 saturated carbocycles. The van der Waals surface area contributed by atoms with Gasteiger partial charge in [-0.25, -0.2) is 18.0 Å². The number of carbonyl (C=O) groups excluding carboxylic acids is 2. The number of ether oxygens (including phenoxy) is 1. The number of nitrogens with one attached hydrogen (secondary N) is 1. The van der Waals surface area contributed by atoms with Gasteiger partial charge < -0.3 is 10.1 Å². The number of hydrogen-bond acceptors (Lipinski definition) is 3. The molecule has 1 amide bonds. The number of esters is 1. The van der Waals surface area contributed by atoms with E-state index in [0.717, 1.165) is 24.3 Å². The van der Waals surface area contributed by atoms with Gasteiger partial charge in [0.2, 0.25) is 0 Å². The molecule has 0 spiro atoms. The Morgan fingerprint density at radius 2 is 1.52 bits per heavy atom. The first-order chi connectivity index (χ1) is 10.8. The zero-order valence-electron chi connectivity index (χ0n) is 12.0. The summed E-state index contributed by atoms with van der Waals surface area (Å²) in [6.07, 6.45) is -1.21. The van der Waals surface area contributed by atoms with Crippen molar-refractivity contribution in [3.8, 4) is 0 Å². The van der Waals surface area contributed by atoms with Crippen molar-refractivity contribution in [1.29, 1.82) is 0 Å². The topological polar surface area (TPSA) is 55.4 Å². The Kier molecular flexibility index (Phi) is 5.00. The lowest BCUT2D eigenvalue weighted by atomic mass is 10.2. The second-order valence-electron chi connectivity index (χ2n) is 4.70. The van der Waals surface area contributed by atoms with Gasteiger partial charge in [0.1, 0.15) is 17.5 Å². The maximum Gasteiger partial charge on any atom is 0.339 e.